The predicted molar refractivity (Wildman–Crippen MR) is 161 cm³/mol. The molecule has 0 radical (unpaired) electrons. The van der Waals surface area contributed by atoms with Crippen molar-refractivity contribution in [1.82, 2.24) is 15.0 Å². The maximum absolute atomic E-state index is 11.8. The zero-order valence-corrected chi connectivity index (χ0v) is 24.5. The van der Waals surface area contributed by atoms with Crippen molar-refractivity contribution in [2.45, 2.75) is 51.0 Å². The average Bonchev–Trinajstić information content (AvgIpc) is 2.92. The van der Waals surface area contributed by atoms with E-state index in [-0.39, 0.29) is 24.2 Å². The van der Waals surface area contributed by atoms with Crippen molar-refractivity contribution in [2.75, 3.05) is 59.5 Å². The van der Waals surface area contributed by atoms with E-state index in [1.807, 2.05) is 24.6 Å². The number of hydrogen-bond acceptors (Lipinski definition) is 10. The molecule has 0 aromatic carbocycles. The highest BCUT2D eigenvalue weighted by Crippen LogP contribution is 2.34. The normalized spacial score (nSPS) is 21.3. The van der Waals surface area contributed by atoms with Crippen molar-refractivity contribution >= 4 is 46.4 Å². The van der Waals surface area contributed by atoms with Gasteiger partial charge in [0.1, 0.15) is 16.7 Å². The molecule has 5 rings (SSSR count). The van der Waals surface area contributed by atoms with Crippen LogP contribution in [0.5, 0.6) is 0 Å². The Labute approximate surface area is 239 Å². The fourth-order valence-electron chi connectivity index (χ4n) is 5.21. The molecule has 2 aliphatic heterocycles. The van der Waals surface area contributed by atoms with Gasteiger partial charge in [-0.3, -0.25) is 9.78 Å². The second-order valence-electron chi connectivity index (χ2n) is 10.4. The van der Waals surface area contributed by atoms with E-state index in [9.17, 15) is 4.79 Å². The Morgan fingerprint density at radius 3 is 2.50 bits per heavy atom. The average molecular weight is 564 g/mol. The summed E-state index contributed by atoms with van der Waals surface area (Å²) < 4.78 is 11.5. The Hall–Kier alpha value is -3.41. The fourth-order valence-corrected chi connectivity index (χ4v) is 5.64. The molecular weight excluding hydrogens is 526 g/mol. The number of ether oxygens (including phenoxy) is 2. The molecule has 0 saturated carbocycles. The van der Waals surface area contributed by atoms with E-state index in [1.165, 1.54) is 6.92 Å². The van der Waals surface area contributed by atoms with Crippen LogP contribution in [0.4, 0.5) is 28.7 Å². The molecule has 2 fully saturated rings. The van der Waals surface area contributed by atoms with Crippen LogP contribution in [0.3, 0.4) is 0 Å². The smallest absolute Gasteiger partial charge is 0.222 e. The summed E-state index contributed by atoms with van der Waals surface area (Å²) in [4.78, 5) is 30.5. The minimum absolute atomic E-state index is 0.166. The first-order valence-corrected chi connectivity index (χ1v) is 14.8. The highest BCUT2D eigenvalue weighted by atomic mass is 32.2. The molecule has 0 spiro atoms. The predicted octanol–water partition coefficient (Wildman–Crippen LogP) is 4.80. The Bertz CT molecular complexity index is 1330. The number of pyridine rings is 3. The number of carbonyl (C=O) groups is 1. The van der Waals surface area contributed by atoms with Crippen molar-refractivity contribution in [3.05, 3.63) is 42.7 Å². The van der Waals surface area contributed by atoms with Gasteiger partial charge in [-0.15, -0.1) is 11.8 Å². The van der Waals surface area contributed by atoms with Crippen molar-refractivity contribution in [3.8, 4) is 11.3 Å². The standard InChI is InChI=1S/C29H37N7O3S/c1-18-17-38-9-8-36(18)23-10-28(34-29(11-23)40-5)33-26-12-27(32-21(4)37)31-14-24(26)25-7-6-22(13-30-25)35-15-19(2)39-20(3)16-35/h6-7,10-14,18-20H,8-9,15-17H2,1-5H3,(H2,31,32,33,34,37). The minimum Gasteiger partial charge on any atom is -0.377 e. The molecule has 10 nitrogen and oxygen atoms in total. The lowest BCUT2D eigenvalue weighted by molar-refractivity contribution is -0.114. The van der Waals surface area contributed by atoms with Crippen LogP contribution in [-0.4, -0.2) is 78.2 Å². The van der Waals surface area contributed by atoms with Crippen LogP contribution >= 0.6 is 11.8 Å². The number of amides is 1. The molecule has 2 saturated heterocycles. The Kier molecular flexibility index (Phi) is 8.72. The van der Waals surface area contributed by atoms with Crippen LogP contribution in [0.25, 0.3) is 11.3 Å². The molecule has 3 unspecified atom stereocenters. The lowest BCUT2D eigenvalue weighted by Crippen LogP contribution is -2.45. The number of carbonyl (C=O) groups excluding carboxylic acids is 1. The van der Waals surface area contributed by atoms with Crippen LogP contribution in [-0.2, 0) is 14.3 Å². The van der Waals surface area contributed by atoms with E-state index < -0.39 is 0 Å². The van der Waals surface area contributed by atoms with Crippen LogP contribution in [0, 0.1) is 0 Å². The maximum atomic E-state index is 11.8. The second-order valence-corrected chi connectivity index (χ2v) is 11.2. The third-order valence-corrected chi connectivity index (χ3v) is 7.60. The summed E-state index contributed by atoms with van der Waals surface area (Å²) in [7, 11) is 0. The molecule has 3 aromatic rings. The maximum Gasteiger partial charge on any atom is 0.222 e. The largest absolute Gasteiger partial charge is 0.377 e. The van der Waals surface area contributed by atoms with E-state index in [2.05, 4.69) is 64.4 Å². The number of anilines is 5. The van der Waals surface area contributed by atoms with Gasteiger partial charge >= 0.3 is 0 Å². The van der Waals surface area contributed by atoms with Gasteiger partial charge in [0.15, 0.2) is 0 Å². The summed E-state index contributed by atoms with van der Waals surface area (Å²) >= 11 is 1.60. The Balaban J connectivity index is 1.47. The number of morpholine rings is 2. The second kappa shape index (κ2) is 12.4. The number of hydrogen-bond donors (Lipinski definition) is 2. The first kappa shape index (κ1) is 28.1. The minimum atomic E-state index is -0.186. The van der Waals surface area contributed by atoms with E-state index in [0.717, 1.165) is 53.0 Å². The third-order valence-electron chi connectivity index (χ3n) is 6.97. The fraction of sp³-hybridized carbons (Fsp3) is 0.448. The molecule has 212 valence electrons. The van der Waals surface area contributed by atoms with Gasteiger partial charge in [0, 0.05) is 62.2 Å². The van der Waals surface area contributed by atoms with Gasteiger partial charge in [0.2, 0.25) is 5.91 Å². The number of nitrogens with one attached hydrogen (secondary N) is 2. The van der Waals surface area contributed by atoms with E-state index >= 15 is 0 Å². The van der Waals surface area contributed by atoms with Crippen LogP contribution in [0.15, 0.2) is 47.8 Å². The third kappa shape index (κ3) is 6.65. The van der Waals surface area contributed by atoms with Gasteiger partial charge in [-0.05, 0) is 45.2 Å². The number of rotatable bonds is 7. The Morgan fingerprint density at radius 2 is 1.82 bits per heavy atom. The van der Waals surface area contributed by atoms with E-state index in [1.54, 1.807) is 18.0 Å². The number of thioether (sulfide) groups is 1. The molecular formula is C29H37N7O3S. The molecule has 5 heterocycles. The lowest BCUT2D eigenvalue weighted by atomic mass is 10.1. The Morgan fingerprint density at radius 1 is 1.02 bits per heavy atom. The molecule has 40 heavy (non-hydrogen) atoms. The van der Waals surface area contributed by atoms with E-state index in [0.29, 0.717) is 24.8 Å². The van der Waals surface area contributed by atoms with Crippen LogP contribution in [0.1, 0.15) is 27.7 Å². The SMILES string of the molecule is CSc1cc(N2CCOCC2C)cc(Nc2cc(NC(C)=O)ncc2-c2ccc(N3CC(C)OC(C)C3)cn2)n1. The van der Waals surface area contributed by atoms with E-state index in [4.69, 9.17) is 19.4 Å². The summed E-state index contributed by atoms with van der Waals surface area (Å²) in [6.45, 7) is 11.7. The first-order chi connectivity index (χ1) is 19.3. The molecule has 0 bridgehead atoms. The van der Waals surface area contributed by atoms with Gasteiger partial charge in [-0.1, -0.05) is 0 Å². The van der Waals surface area contributed by atoms with Gasteiger partial charge < -0.3 is 29.9 Å². The van der Waals surface area contributed by atoms with Gasteiger partial charge in [0.05, 0.1) is 48.7 Å². The van der Waals surface area contributed by atoms with Crippen molar-refractivity contribution < 1.29 is 14.3 Å². The summed E-state index contributed by atoms with van der Waals surface area (Å²) in [5.74, 6) is 0.970. The summed E-state index contributed by atoms with van der Waals surface area (Å²) in [6.07, 6.45) is 5.99. The van der Waals surface area contributed by atoms with Crippen molar-refractivity contribution in [1.29, 1.82) is 0 Å². The molecule has 0 aliphatic carbocycles. The topological polar surface area (TPSA) is 105 Å². The zero-order chi connectivity index (χ0) is 28.2. The molecule has 2 N–H and O–H groups in total. The van der Waals surface area contributed by atoms with Gasteiger partial charge in [-0.2, -0.15) is 0 Å². The first-order valence-electron chi connectivity index (χ1n) is 13.6. The summed E-state index contributed by atoms with van der Waals surface area (Å²) in [5.41, 5.74) is 4.47. The quantitative estimate of drug-likeness (QED) is 0.390. The zero-order valence-electron chi connectivity index (χ0n) is 23.7. The molecule has 11 heteroatoms. The highest BCUT2D eigenvalue weighted by molar-refractivity contribution is 7.98. The van der Waals surface area contributed by atoms with Crippen molar-refractivity contribution in [2.24, 2.45) is 0 Å². The van der Waals surface area contributed by atoms with Crippen LogP contribution < -0.4 is 20.4 Å². The van der Waals surface area contributed by atoms with Gasteiger partial charge in [0.25, 0.3) is 0 Å². The lowest BCUT2D eigenvalue weighted by Gasteiger charge is -2.36. The van der Waals surface area contributed by atoms with Gasteiger partial charge in [-0.25, -0.2) is 9.97 Å². The van der Waals surface area contributed by atoms with Crippen molar-refractivity contribution in [3.63, 3.8) is 0 Å². The number of aromatic nitrogens is 3. The number of nitrogens with zero attached hydrogens (tertiary/aromatic N) is 5. The summed E-state index contributed by atoms with van der Waals surface area (Å²) in [6, 6.07) is 10.3. The summed E-state index contributed by atoms with van der Waals surface area (Å²) in [5, 5.41) is 7.20. The molecule has 1 amide bonds. The monoisotopic (exact) mass is 563 g/mol. The molecule has 2 aliphatic rings. The van der Waals surface area contributed by atoms with Crippen LogP contribution in [0.2, 0.25) is 0 Å². The molecule has 3 atom stereocenters. The molecule has 3 aromatic heterocycles. The highest BCUT2D eigenvalue weighted by Gasteiger charge is 2.23.